The highest BCUT2D eigenvalue weighted by atomic mass is 32.1. The smallest absolute Gasteiger partial charge is 0.161 e. The van der Waals surface area contributed by atoms with Gasteiger partial charge in [0.25, 0.3) is 0 Å². The van der Waals surface area contributed by atoms with Crippen molar-refractivity contribution in [3.8, 4) is 44.9 Å². The Morgan fingerprint density at radius 3 is 1.51 bits per heavy atom. The highest BCUT2D eigenvalue weighted by Gasteiger charge is 2.18. The van der Waals surface area contributed by atoms with Crippen LogP contribution < -0.4 is 0 Å². The van der Waals surface area contributed by atoms with Crippen molar-refractivity contribution in [3.05, 3.63) is 182 Å². The SMILES string of the molecule is c1ccc(-c2nc(-c3cccc(-c4cccc(-c5ccc6c7ccccc7c7ccccc7c6c5)c4)c3)nc3sc4cc5ccccc5cc4c23)cc1. The van der Waals surface area contributed by atoms with E-state index in [0.29, 0.717) is 0 Å². The number of aromatic nitrogens is 2. The van der Waals surface area contributed by atoms with Crippen molar-refractivity contribution in [3.63, 3.8) is 0 Å². The molecule has 11 aromatic rings. The van der Waals surface area contributed by atoms with Crippen LogP contribution in [0, 0.1) is 0 Å². The molecule has 0 saturated carbocycles. The number of thiophene rings is 1. The Morgan fingerprint density at radius 1 is 0.321 bits per heavy atom. The zero-order chi connectivity index (χ0) is 34.9. The molecule has 0 N–H and O–H groups in total. The summed E-state index contributed by atoms with van der Waals surface area (Å²) in [7, 11) is 0. The molecule has 0 aliphatic heterocycles. The van der Waals surface area contributed by atoms with E-state index >= 15 is 0 Å². The van der Waals surface area contributed by atoms with Crippen LogP contribution in [0.25, 0.3) is 108 Å². The third-order valence-electron chi connectivity index (χ3n) is 10.6. The zero-order valence-electron chi connectivity index (χ0n) is 28.6. The highest BCUT2D eigenvalue weighted by molar-refractivity contribution is 7.25. The van der Waals surface area contributed by atoms with Gasteiger partial charge in [0, 0.05) is 26.6 Å². The van der Waals surface area contributed by atoms with Gasteiger partial charge in [0.05, 0.1) is 5.69 Å². The molecule has 3 heteroatoms. The van der Waals surface area contributed by atoms with E-state index in [1.807, 2.05) is 0 Å². The van der Waals surface area contributed by atoms with Crippen LogP contribution in [0.2, 0.25) is 0 Å². The number of hydrogen-bond acceptors (Lipinski definition) is 3. The molecule has 0 unspecified atom stereocenters. The molecule has 0 aliphatic carbocycles. The second-order valence-electron chi connectivity index (χ2n) is 13.8. The summed E-state index contributed by atoms with van der Waals surface area (Å²) in [5.41, 5.74) is 7.74. The lowest BCUT2D eigenvalue weighted by atomic mass is 9.91. The van der Waals surface area contributed by atoms with E-state index in [4.69, 9.17) is 9.97 Å². The summed E-state index contributed by atoms with van der Waals surface area (Å²) in [4.78, 5) is 11.6. The summed E-state index contributed by atoms with van der Waals surface area (Å²) >= 11 is 1.74. The normalized spacial score (nSPS) is 11.8. The molecule has 0 saturated heterocycles. The first-order valence-corrected chi connectivity index (χ1v) is 18.8. The fourth-order valence-electron chi connectivity index (χ4n) is 8.10. The lowest BCUT2D eigenvalue weighted by Crippen LogP contribution is -1.94. The van der Waals surface area contributed by atoms with Crippen molar-refractivity contribution in [2.45, 2.75) is 0 Å². The van der Waals surface area contributed by atoms with E-state index < -0.39 is 0 Å². The average molecular weight is 691 g/mol. The molecule has 0 bridgehead atoms. The van der Waals surface area contributed by atoms with Gasteiger partial charge in [0.15, 0.2) is 5.82 Å². The van der Waals surface area contributed by atoms with Gasteiger partial charge in [-0.2, -0.15) is 0 Å². The molecule has 0 amide bonds. The van der Waals surface area contributed by atoms with Crippen molar-refractivity contribution in [1.82, 2.24) is 9.97 Å². The monoisotopic (exact) mass is 690 g/mol. The predicted molar refractivity (Wildman–Crippen MR) is 227 cm³/mol. The van der Waals surface area contributed by atoms with Crippen molar-refractivity contribution in [1.29, 1.82) is 0 Å². The van der Waals surface area contributed by atoms with Gasteiger partial charge in [-0.3, -0.25) is 0 Å². The molecular weight excluding hydrogens is 661 g/mol. The molecule has 0 fully saturated rings. The van der Waals surface area contributed by atoms with E-state index in [1.54, 1.807) is 11.3 Å². The van der Waals surface area contributed by atoms with Crippen LogP contribution in [-0.2, 0) is 0 Å². The molecule has 0 spiro atoms. The summed E-state index contributed by atoms with van der Waals surface area (Å²) in [6, 6.07) is 65.7. The minimum atomic E-state index is 0.735. The van der Waals surface area contributed by atoms with Crippen molar-refractivity contribution >= 4 is 74.7 Å². The van der Waals surface area contributed by atoms with E-state index in [9.17, 15) is 0 Å². The molecule has 2 nitrogen and oxygen atoms in total. The number of rotatable bonds is 4. The van der Waals surface area contributed by atoms with Gasteiger partial charge in [-0.05, 0) is 95.7 Å². The lowest BCUT2D eigenvalue weighted by Gasteiger charge is -2.13. The van der Waals surface area contributed by atoms with Crippen LogP contribution in [0.4, 0.5) is 0 Å². The highest BCUT2D eigenvalue weighted by Crippen LogP contribution is 2.42. The minimum absolute atomic E-state index is 0.735. The fraction of sp³-hybridized carbons (Fsp3) is 0. The summed E-state index contributed by atoms with van der Waals surface area (Å²) in [6.45, 7) is 0. The Morgan fingerprint density at radius 2 is 0.830 bits per heavy atom. The number of benzene rings is 9. The quantitative estimate of drug-likeness (QED) is 0.172. The molecule has 0 radical (unpaired) electrons. The first kappa shape index (κ1) is 30.0. The van der Waals surface area contributed by atoms with E-state index in [1.165, 1.54) is 64.3 Å². The predicted octanol–water partition coefficient (Wildman–Crippen LogP) is 14.1. The van der Waals surface area contributed by atoms with Crippen LogP contribution in [0.1, 0.15) is 0 Å². The van der Waals surface area contributed by atoms with Gasteiger partial charge in [-0.15, -0.1) is 11.3 Å². The Kier molecular flexibility index (Phi) is 6.76. The van der Waals surface area contributed by atoms with Crippen LogP contribution in [-0.4, -0.2) is 9.97 Å². The Balaban J connectivity index is 1.04. The molecule has 9 aromatic carbocycles. The van der Waals surface area contributed by atoms with Gasteiger partial charge in [-0.1, -0.05) is 152 Å². The van der Waals surface area contributed by atoms with Gasteiger partial charge in [0.1, 0.15) is 4.83 Å². The summed E-state index contributed by atoms with van der Waals surface area (Å²) in [6.07, 6.45) is 0. The molecular formula is C50H30N2S. The van der Waals surface area contributed by atoms with Crippen molar-refractivity contribution in [2.75, 3.05) is 0 Å². The van der Waals surface area contributed by atoms with E-state index in [2.05, 4.69) is 182 Å². The Labute approximate surface area is 310 Å². The molecule has 0 aliphatic rings. The van der Waals surface area contributed by atoms with E-state index in [-0.39, 0.29) is 0 Å². The average Bonchev–Trinajstić information content (AvgIpc) is 3.60. The minimum Gasteiger partial charge on any atom is -0.227 e. The van der Waals surface area contributed by atoms with E-state index in [0.717, 1.165) is 44.0 Å². The maximum atomic E-state index is 5.31. The number of hydrogen-bond donors (Lipinski definition) is 0. The molecule has 2 aromatic heterocycles. The zero-order valence-corrected chi connectivity index (χ0v) is 29.4. The summed E-state index contributed by atoms with van der Waals surface area (Å²) in [5, 5.41) is 12.5. The van der Waals surface area contributed by atoms with Crippen molar-refractivity contribution in [2.24, 2.45) is 0 Å². The largest absolute Gasteiger partial charge is 0.227 e. The molecule has 246 valence electrons. The third-order valence-corrected chi connectivity index (χ3v) is 11.7. The van der Waals surface area contributed by atoms with Gasteiger partial charge >= 0.3 is 0 Å². The second-order valence-corrected chi connectivity index (χ2v) is 14.8. The molecule has 0 atom stereocenters. The van der Waals surface area contributed by atoms with Crippen molar-refractivity contribution < 1.29 is 0 Å². The van der Waals surface area contributed by atoms with Crippen LogP contribution in [0.3, 0.4) is 0 Å². The third kappa shape index (κ3) is 4.93. The van der Waals surface area contributed by atoms with Crippen LogP contribution >= 0.6 is 11.3 Å². The van der Waals surface area contributed by atoms with Crippen LogP contribution in [0.15, 0.2) is 182 Å². The van der Waals surface area contributed by atoms with Crippen LogP contribution in [0.5, 0.6) is 0 Å². The number of fused-ring (bicyclic) bond motifs is 10. The first-order chi connectivity index (χ1) is 26.2. The fourth-order valence-corrected chi connectivity index (χ4v) is 9.20. The maximum absolute atomic E-state index is 5.31. The molecule has 53 heavy (non-hydrogen) atoms. The molecule has 11 rings (SSSR count). The van der Waals surface area contributed by atoms with Gasteiger partial charge in [0.2, 0.25) is 0 Å². The summed E-state index contributed by atoms with van der Waals surface area (Å²) in [5.74, 6) is 0.735. The second kappa shape index (κ2) is 11.9. The molecule has 2 heterocycles. The first-order valence-electron chi connectivity index (χ1n) is 18.0. The van der Waals surface area contributed by atoms with Gasteiger partial charge < -0.3 is 0 Å². The Bertz CT molecular complexity index is 3200. The number of nitrogens with zero attached hydrogens (tertiary/aromatic N) is 2. The topological polar surface area (TPSA) is 25.8 Å². The maximum Gasteiger partial charge on any atom is 0.161 e. The van der Waals surface area contributed by atoms with Gasteiger partial charge in [-0.25, -0.2) is 9.97 Å². The Hall–Kier alpha value is -6.68. The summed E-state index contributed by atoms with van der Waals surface area (Å²) < 4.78 is 1.22. The lowest BCUT2D eigenvalue weighted by molar-refractivity contribution is 1.24. The standard InChI is InChI=1S/C50H30N2S/c1-2-12-31(13-3-1)48-47-45-29-35-14-4-5-15-36(35)30-46(45)53-50(47)52-49(51-48)38-19-11-18-34(27-38)32-16-10-17-33(26-32)37-24-25-43-41-22-7-6-20-39(41)40-21-8-9-23-42(40)44(43)28-37/h1-30H.